The van der Waals surface area contributed by atoms with E-state index in [1.54, 1.807) is 19.1 Å². The Balaban J connectivity index is 2.92. The maximum Gasteiger partial charge on any atom is 0.236 e. The highest BCUT2D eigenvalue weighted by atomic mass is 79.9. The molecule has 0 aliphatic heterocycles. The van der Waals surface area contributed by atoms with Gasteiger partial charge in [0.15, 0.2) is 0 Å². The Kier molecular flexibility index (Phi) is 6.11. The van der Waals surface area contributed by atoms with E-state index in [0.29, 0.717) is 21.7 Å². The molecule has 0 fully saturated rings. The number of aryl methyl sites for hydroxylation is 1. The van der Waals surface area contributed by atoms with Crippen molar-refractivity contribution in [2.45, 2.75) is 26.0 Å². The minimum absolute atomic E-state index is 0.406. The smallest absolute Gasteiger partial charge is 0.236 e. The topological polar surface area (TPSA) is 58.2 Å². The molecular weight excluding hydrogens is 352 g/mol. The largest absolute Gasteiger partial charge is 0.316 e. The van der Waals surface area contributed by atoms with Gasteiger partial charge in [0, 0.05) is 16.0 Å². The van der Waals surface area contributed by atoms with Crippen molar-refractivity contribution in [1.82, 2.24) is 5.32 Å². The summed E-state index contributed by atoms with van der Waals surface area (Å²) in [6.07, 6.45) is 0. The normalized spacial score (nSPS) is 13.3. The van der Waals surface area contributed by atoms with E-state index >= 15 is 0 Å². The van der Waals surface area contributed by atoms with Gasteiger partial charge in [-0.25, -0.2) is 8.42 Å². The van der Waals surface area contributed by atoms with Crippen LogP contribution in [0.15, 0.2) is 16.6 Å². The number of sulfonamides is 1. The highest BCUT2D eigenvalue weighted by Crippen LogP contribution is 2.30. The summed E-state index contributed by atoms with van der Waals surface area (Å²) >= 11 is 9.34. The van der Waals surface area contributed by atoms with E-state index < -0.39 is 15.3 Å². The predicted octanol–water partition coefficient (Wildman–Crippen LogP) is 3.15. The molecule has 0 aliphatic rings. The third kappa shape index (κ3) is 4.63. The number of nitrogens with one attached hydrogen (secondary N) is 2. The van der Waals surface area contributed by atoms with Crippen molar-refractivity contribution in [1.29, 1.82) is 0 Å². The van der Waals surface area contributed by atoms with Gasteiger partial charge in [-0.15, -0.1) is 0 Å². The lowest BCUT2D eigenvalue weighted by Gasteiger charge is -2.16. The van der Waals surface area contributed by atoms with Gasteiger partial charge in [0.2, 0.25) is 10.0 Å². The summed E-state index contributed by atoms with van der Waals surface area (Å²) in [5.41, 5.74) is 1.34. The first-order valence-corrected chi connectivity index (χ1v) is 8.67. The standard InChI is InChI=1S/C12H18BrClN2O2S/c1-4-15-7-9(3)19(17,18)16-12-6-11(14)8(2)5-10(12)13/h5-6,9,15-16H,4,7H2,1-3H3. The fourth-order valence-corrected chi connectivity index (χ4v) is 3.30. The van der Waals surface area contributed by atoms with Gasteiger partial charge in [-0.2, -0.15) is 0 Å². The van der Waals surface area contributed by atoms with Crippen molar-refractivity contribution in [2.24, 2.45) is 0 Å². The second-order valence-corrected chi connectivity index (χ2v) is 7.71. The minimum atomic E-state index is -3.44. The molecule has 1 unspecified atom stereocenters. The summed E-state index contributed by atoms with van der Waals surface area (Å²) < 4.78 is 27.5. The SMILES string of the molecule is CCNCC(C)S(=O)(=O)Nc1cc(Cl)c(C)cc1Br. The van der Waals surface area contributed by atoms with Gasteiger partial charge in [-0.05, 0) is 54.0 Å². The van der Waals surface area contributed by atoms with Crippen LogP contribution in [0.4, 0.5) is 5.69 Å². The van der Waals surface area contributed by atoms with Crippen LogP contribution in [0.1, 0.15) is 19.4 Å². The lowest BCUT2D eigenvalue weighted by atomic mass is 10.2. The number of halogens is 2. The van der Waals surface area contributed by atoms with Gasteiger partial charge in [0.05, 0.1) is 10.9 Å². The highest BCUT2D eigenvalue weighted by molar-refractivity contribution is 9.10. The molecule has 1 atom stereocenters. The van der Waals surface area contributed by atoms with Crippen molar-refractivity contribution >= 4 is 43.2 Å². The maximum atomic E-state index is 12.1. The Bertz CT molecular complexity index is 549. The van der Waals surface area contributed by atoms with E-state index in [0.717, 1.165) is 12.1 Å². The zero-order chi connectivity index (χ0) is 14.6. The third-order valence-electron chi connectivity index (χ3n) is 2.71. The van der Waals surface area contributed by atoms with Crippen LogP contribution in [0, 0.1) is 6.92 Å². The van der Waals surface area contributed by atoms with E-state index in [4.69, 9.17) is 11.6 Å². The molecule has 7 heteroatoms. The zero-order valence-corrected chi connectivity index (χ0v) is 14.3. The molecular formula is C12H18BrClN2O2S. The average Bonchev–Trinajstić information content (AvgIpc) is 2.32. The quantitative estimate of drug-likeness (QED) is 0.810. The van der Waals surface area contributed by atoms with Crippen molar-refractivity contribution < 1.29 is 8.42 Å². The Hall–Kier alpha value is -0.300. The third-order valence-corrected chi connectivity index (χ3v) is 5.51. The van der Waals surface area contributed by atoms with Crippen molar-refractivity contribution in [3.8, 4) is 0 Å². The molecule has 4 nitrogen and oxygen atoms in total. The number of hydrogen-bond acceptors (Lipinski definition) is 3. The molecule has 2 N–H and O–H groups in total. The van der Waals surface area contributed by atoms with E-state index in [1.165, 1.54) is 0 Å². The zero-order valence-electron chi connectivity index (χ0n) is 11.1. The molecule has 19 heavy (non-hydrogen) atoms. The monoisotopic (exact) mass is 368 g/mol. The van der Waals surface area contributed by atoms with E-state index in [9.17, 15) is 8.42 Å². The Labute approximate surface area is 128 Å². The van der Waals surface area contributed by atoms with Crippen LogP contribution >= 0.6 is 27.5 Å². The second-order valence-electron chi connectivity index (χ2n) is 4.35. The van der Waals surface area contributed by atoms with Gasteiger partial charge in [-0.3, -0.25) is 4.72 Å². The first-order chi connectivity index (χ1) is 8.77. The minimum Gasteiger partial charge on any atom is -0.316 e. The molecule has 108 valence electrons. The molecule has 0 aliphatic carbocycles. The fourth-order valence-electron chi connectivity index (χ4n) is 1.44. The van der Waals surface area contributed by atoms with Gasteiger partial charge in [0.1, 0.15) is 0 Å². The molecule has 0 spiro atoms. The molecule has 0 saturated carbocycles. The van der Waals surface area contributed by atoms with Crippen LogP contribution in [0.5, 0.6) is 0 Å². The summed E-state index contributed by atoms with van der Waals surface area (Å²) in [5, 5.41) is 3.02. The molecule has 0 aromatic heterocycles. The van der Waals surface area contributed by atoms with Crippen LogP contribution < -0.4 is 10.0 Å². The Morgan fingerprint density at radius 1 is 1.42 bits per heavy atom. The summed E-state index contributed by atoms with van der Waals surface area (Å²) in [4.78, 5) is 0. The number of hydrogen-bond donors (Lipinski definition) is 2. The molecule has 0 saturated heterocycles. The van der Waals surface area contributed by atoms with E-state index in [1.807, 2.05) is 13.8 Å². The number of benzene rings is 1. The molecule has 0 radical (unpaired) electrons. The number of anilines is 1. The van der Waals surface area contributed by atoms with Crippen molar-refractivity contribution in [3.05, 3.63) is 27.2 Å². The average molecular weight is 370 g/mol. The molecule has 1 aromatic carbocycles. The lowest BCUT2D eigenvalue weighted by molar-refractivity contribution is 0.579. The fraction of sp³-hybridized carbons (Fsp3) is 0.500. The van der Waals surface area contributed by atoms with Crippen LogP contribution in [0.25, 0.3) is 0 Å². The predicted molar refractivity (Wildman–Crippen MR) is 84.4 cm³/mol. The molecule has 0 heterocycles. The van der Waals surface area contributed by atoms with Gasteiger partial charge in [-0.1, -0.05) is 18.5 Å². The van der Waals surface area contributed by atoms with E-state index in [-0.39, 0.29) is 0 Å². The van der Waals surface area contributed by atoms with Crippen LogP contribution in [0.3, 0.4) is 0 Å². The summed E-state index contributed by atoms with van der Waals surface area (Å²) in [6, 6.07) is 3.40. The van der Waals surface area contributed by atoms with Crippen molar-refractivity contribution in [2.75, 3.05) is 17.8 Å². The van der Waals surface area contributed by atoms with Crippen LogP contribution in [-0.2, 0) is 10.0 Å². The lowest BCUT2D eigenvalue weighted by Crippen LogP contribution is -2.34. The van der Waals surface area contributed by atoms with Gasteiger partial charge in [0.25, 0.3) is 0 Å². The maximum absolute atomic E-state index is 12.1. The summed E-state index contributed by atoms with van der Waals surface area (Å²) in [5.74, 6) is 0. The molecule has 0 bridgehead atoms. The number of rotatable bonds is 6. The molecule has 0 amide bonds. The summed E-state index contributed by atoms with van der Waals surface area (Å²) in [6.45, 7) is 6.60. The second kappa shape index (κ2) is 6.92. The van der Waals surface area contributed by atoms with Crippen LogP contribution in [-0.4, -0.2) is 26.8 Å². The van der Waals surface area contributed by atoms with Crippen molar-refractivity contribution in [3.63, 3.8) is 0 Å². The molecule has 1 aromatic rings. The first kappa shape index (κ1) is 16.8. The molecule has 1 rings (SSSR count). The Morgan fingerprint density at radius 2 is 2.05 bits per heavy atom. The first-order valence-electron chi connectivity index (χ1n) is 5.96. The van der Waals surface area contributed by atoms with Gasteiger partial charge >= 0.3 is 0 Å². The highest BCUT2D eigenvalue weighted by Gasteiger charge is 2.21. The van der Waals surface area contributed by atoms with Gasteiger partial charge < -0.3 is 5.32 Å². The van der Waals surface area contributed by atoms with Crippen LogP contribution in [0.2, 0.25) is 5.02 Å². The Morgan fingerprint density at radius 3 is 2.63 bits per heavy atom. The van der Waals surface area contributed by atoms with E-state index in [2.05, 4.69) is 26.0 Å². The summed E-state index contributed by atoms with van der Waals surface area (Å²) in [7, 11) is -3.44.